The van der Waals surface area contributed by atoms with Gasteiger partial charge in [-0.2, -0.15) is 0 Å². The van der Waals surface area contributed by atoms with E-state index in [9.17, 15) is 9.59 Å². The van der Waals surface area contributed by atoms with Gasteiger partial charge in [-0.05, 0) is 54.4 Å². The lowest BCUT2D eigenvalue weighted by Crippen LogP contribution is -2.29. The van der Waals surface area contributed by atoms with E-state index < -0.39 is 6.04 Å². The van der Waals surface area contributed by atoms with Gasteiger partial charge in [-0.25, -0.2) is 0 Å². The Balaban J connectivity index is 1.71. The first-order valence-electron chi connectivity index (χ1n) is 11.0. The molecule has 0 aliphatic carbocycles. The molecule has 1 aliphatic heterocycles. The van der Waals surface area contributed by atoms with E-state index in [1.54, 1.807) is 29.2 Å². The molecule has 33 heavy (non-hydrogen) atoms. The first-order chi connectivity index (χ1) is 16.1. The number of nitrogens with zero attached hydrogens (tertiary/aromatic N) is 1. The molecule has 0 saturated heterocycles. The topological polar surface area (TPSA) is 59.8 Å². The van der Waals surface area contributed by atoms with Crippen LogP contribution in [0.5, 0.6) is 5.75 Å². The Hall–Kier alpha value is -3.38. The van der Waals surface area contributed by atoms with Crippen LogP contribution in [0.4, 0.5) is 5.69 Å². The van der Waals surface area contributed by atoms with Crippen LogP contribution in [0, 0.1) is 0 Å². The number of amides is 1. The molecule has 1 aromatic heterocycles. The fraction of sp³-hybridized carbons (Fsp3) is 0.185. The molecule has 6 heteroatoms. The van der Waals surface area contributed by atoms with Crippen molar-refractivity contribution in [2.45, 2.75) is 25.8 Å². The van der Waals surface area contributed by atoms with Gasteiger partial charge in [0.1, 0.15) is 11.3 Å². The minimum atomic E-state index is -0.627. The van der Waals surface area contributed by atoms with Crippen LogP contribution in [-0.2, 0) is 0 Å². The number of rotatable bonds is 6. The molecule has 1 unspecified atom stereocenters. The minimum Gasteiger partial charge on any atom is -0.494 e. The molecule has 166 valence electrons. The van der Waals surface area contributed by atoms with E-state index in [0.29, 0.717) is 34.6 Å². The van der Waals surface area contributed by atoms with E-state index in [1.165, 1.54) is 0 Å². The van der Waals surface area contributed by atoms with Crippen molar-refractivity contribution < 1.29 is 13.9 Å². The van der Waals surface area contributed by atoms with E-state index in [2.05, 4.69) is 22.9 Å². The summed E-state index contributed by atoms with van der Waals surface area (Å²) in [5.41, 5.74) is 2.02. The Morgan fingerprint density at radius 3 is 2.64 bits per heavy atom. The van der Waals surface area contributed by atoms with Crippen molar-refractivity contribution in [3.63, 3.8) is 0 Å². The number of carbonyl (C=O) groups is 1. The number of hydrogen-bond donors (Lipinski definition) is 0. The second-order valence-electron chi connectivity index (χ2n) is 8.00. The summed E-state index contributed by atoms with van der Waals surface area (Å²) in [6.45, 7) is 2.72. The zero-order valence-corrected chi connectivity index (χ0v) is 19.7. The third-order valence-corrected chi connectivity index (χ3v) is 6.30. The molecular weight excluding hydrogens is 482 g/mol. The second kappa shape index (κ2) is 8.87. The van der Waals surface area contributed by atoms with Gasteiger partial charge in [0, 0.05) is 10.2 Å². The summed E-state index contributed by atoms with van der Waals surface area (Å²) in [4.78, 5) is 28.9. The molecule has 0 fully saturated rings. The summed E-state index contributed by atoms with van der Waals surface area (Å²) < 4.78 is 12.8. The molecule has 5 rings (SSSR count). The highest BCUT2D eigenvalue weighted by molar-refractivity contribution is 9.10. The maximum absolute atomic E-state index is 13.6. The lowest BCUT2D eigenvalue weighted by Gasteiger charge is -2.25. The van der Waals surface area contributed by atoms with Gasteiger partial charge in [0.25, 0.3) is 5.91 Å². The van der Waals surface area contributed by atoms with Crippen molar-refractivity contribution in [2.75, 3.05) is 11.5 Å². The van der Waals surface area contributed by atoms with Crippen LogP contribution in [0.1, 0.15) is 47.5 Å². The molecule has 3 aromatic carbocycles. The highest BCUT2D eigenvalue weighted by Gasteiger charge is 2.43. The SMILES string of the molecule is CCCCOc1cccc(C2c3c(oc4ccccc4c3=O)C(=O)N2c2cccc(Br)c2)c1. The maximum Gasteiger partial charge on any atom is 0.295 e. The average molecular weight is 504 g/mol. The molecule has 0 radical (unpaired) electrons. The van der Waals surface area contributed by atoms with Gasteiger partial charge in [0.2, 0.25) is 5.76 Å². The Morgan fingerprint density at radius 2 is 1.82 bits per heavy atom. The fourth-order valence-corrected chi connectivity index (χ4v) is 4.62. The first-order valence-corrected chi connectivity index (χ1v) is 11.8. The number of fused-ring (bicyclic) bond motifs is 2. The highest BCUT2D eigenvalue weighted by atomic mass is 79.9. The number of carbonyl (C=O) groups excluding carboxylic acids is 1. The van der Waals surface area contributed by atoms with Crippen LogP contribution in [0.15, 0.2) is 86.5 Å². The van der Waals surface area contributed by atoms with Crippen molar-refractivity contribution in [3.8, 4) is 5.75 Å². The highest BCUT2D eigenvalue weighted by Crippen LogP contribution is 2.42. The van der Waals surface area contributed by atoms with Crippen molar-refractivity contribution in [2.24, 2.45) is 0 Å². The van der Waals surface area contributed by atoms with E-state index in [4.69, 9.17) is 9.15 Å². The van der Waals surface area contributed by atoms with Crippen molar-refractivity contribution in [1.82, 2.24) is 0 Å². The normalized spacial score (nSPS) is 15.2. The number of ether oxygens (including phenoxy) is 1. The fourth-order valence-electron chi connectivity index (χ4n) is 4.24. The zero-order valence-electron chi connectivity index (χ0n) is 18.1. The molecule has 2 heterocycles. The Morgan fingerprint density at radius 1 is 1.00 bits per heavy atom. The molecule has 0 bridgehead atoms. The summed E-state index contributed by atoms with van der Waals surface area (Å²) in [5, 5.41) is 0.459. The molecule has 1 amide bonds. The van der Waals surface area contributed by atoms with Crippen LogP contribution < -0.4 is 15.1 Å². The minimum absolute atomic E-state index is 0.0842. The third kappa shape index (κ3) is 3.85. The van der Waals surface area contributed by atoms with E-state index in [1.807, 2.05) is 48.5 Å². The van der Waals surface area contributed by atoms with Crippen LogP contribution >= 0.6 is 15.9 Å². The molecule has 1 aliphatic rings. The molecule has 0 N–H and O–H groups in total. The van der Waals surface area contributed by atoms with Crippen LogP contribution in [-0.4, -0.2) is 12.5 Å². The van der Waals surface area contributed by atoms with Gasteiger partial charge in [-0.3, -0.25) is 14.5 Å². The van der Waals surface area contributed by atoms with Crippen molar-refractivity contribution in [1.29, 1.82) is 0 Å². The number of para-hydroxylation sites is 1. The number of benzene rings is 3. The summed E-state index contributed by atoms with van der Waals surface area (Å²) in [6.07, 6.45) is 1.99. The van der Waals surface area contributed by atoms with Crippen LogP contribution in [0.25, 0.3) is 11.0 Å². The summed E-state index contributed by atoms with van der Waals surface area (Å²) in [6, 6.07) is 21.5. The van der Waals surface area contributed by atoms with Crippen LogP contribution in [0.3, 0.4) is 0 Å². The lowest BCUT2D eigenvalue weighted by molar-refractivity contribution is 0.0971. The van der Waals surface area contributed by atoms with E-state index >= 15 is 0 Å². The van der Waals surface area contributed by atoms with Crippen LogP contribution in [0.2, 0.25) is 0 Å². The lowest BCUT2D eigenvalue weighted by atomic mass is 9.98. The maximum atomic E-state index is 13.6. The number of unbranched alkanes of at least 4 members (excludes halogenated alkanes) is 1. The average Bonchev–Trinajstić information content (AvgIpc) is 3.12. The van der Waals surface area contributed by atoms with Gasteiger partial charge < -0.3 is 9.15 Å². The molecular formula is C27H22BrNO4. The number of hydrogen-bond acceptors (Lipinski definition) is 4. The molecule has 1 atom stereocenters. The predicted octanol–water partition coefficient (Wildman–Crippen LogP) is 6.48. The summed E-state index contributed by atoms with van der Waals surface area (Å²) in [5.74, 6) is 0.454. The number of halogens is 1. The quantitative estimate of drug-likeness (QED) is 0.282. The summed E-state index contributed by atoms with van der Waals surface area (Å²) in [7, 11) is 0. The molecule has 0 spiro atoms. The van der Waals surface area contributed by atoms with Gasteiger partial charge in [-0.15, -0.1) is 0 Å². The molecule has 5 nitrogen and oxygen atoms in total. The second-order valence-corrected chi connectivity index (χ2v) is 8.92. The zero-order chi connectivity index (χ0) is 22.9. The Bertz CT molecular complexity index is 1410. The smallest absolute Gasteiger partial charge is 0.295 e. The first kappa shape index (κ1) is 21.5. The van der Waals surface area contributed by atoms with E-state index in [0.717, 1.165) is 22.9 Å². The van der Waals surface area contributed by atoms with Crippen molar-refractivity contribution in [3.05, 3.63) is 104 Å². The largest absolute Gasteiger partial charge is 0.494 e. The Kier molecular flexibility index (Phi) is 5.77. The third-order valence-electron chi connectivity index (χ3n) is 5.80. The van der Waals surface area contributed by atoms with Gasteiger partial charge in [0.05, 0.1) is 23.6 Å². The van der Waals surface area contributed by atoms with Gasteiger partial charge in [-0.1, -0.05) is 59.6 Å². The van der Waals surface area contributed by atoms with E-state index in [-0.39, 0.29) is 17.1 Å². The van der Waals surface area contributed by atoms with Crippen molar-refractivity contribution >= 4 is 38.5 Å². The summed E-state index contributed by atoms with van der Waals surface area (Å²) >= 11 is 3.49. The molecule has 4 aromatic rings. The predicted molar refractivity (Wildman–Crippen MR) is 132 cm³/mol. The van der Waals surface area contributed by atoms with Gasteiger partial charge in [0.15, 0.2) is 5.43 Å². The van der Waals surface area contributed by atoms with Gasteiger partial charge >= 0.3 is 0 Å². The number of anilines is 1. The Labute approximate surface area is 199 Å². The molecule has 0 saturated carbocycles. The standard InChI is InChI=1S/C27H22BrNO4/c1-2-3-14-32-20-11-6-8-17(15-20)24-23-25(30)21-12-4-5-13-22(21)33-26(23)27(31)29(24)19-10-7-9-18(28)16-19/h4-13,15-16,24H,2-3,14H2,1H3. The monoisotopic (exact) mass is 503 g/mol.